The van der Waals surface area contributed by atoms with E-state index in [9.17, 15) is 0 Å². The van der Waals surface area contributed by atoms with Gasteiger partial charge in [0.2, 0.25) is 5.95 Å². The predicted molar refractivity (Wildman–Crippen MR) is 74.2 cm³/mol. The van der Waals surface area contributed by atoms with Crippen LogP contribution >= 0.6 is 0 Å². The van der Waals surface area contributed by atoms with Gasteiger partial charge >= 0.3 is 0 Å². The van der Waals surface area contributed by atoms with E-state index < -0.39 is 0 Å². The van der Waals surface area contributed by atoms with E-state index >= 15 is 0 Å². The molecule has 0 saturated carbocycles. The molecule has 0 amide bonds. The lowest BCUT2D eigenvalue weighted by molar-refractivity contribution is 0.574. The Morgan fingerprint density at radius 3 is 2.22 bits per heavy atom. The van der Waals surface area contributed by atoms with Crippen LogP contribution in [0.5, 0.6) is 0 Å². The molecule has 1 heterocycles. The van der Waals surface area contributed by atoms with Crippen LogP contribution in [-0.2, 0) is 0 Å². The van der Waals surface area contributed by atoms with Crippen LogP contribution < -0.4 is 11.1 Å². The first-order chi connectivity index (χ1) is 8.61. The van der Waals surface area contributed by atoms with Gasteiger partial charge in [-0.15, -0.1) is 0 Å². The lowest BCUT2D eigenvalue weighted by Crippen LogP contribution is -2.39. The quantitative estimate of drug-likeness (QED) is 0.863. The maximum absolute atomic E-state index is 5.66. The summed E-state index contributed by atoms with van der Waals surface area (Å²) in [6.07, 6.45) is 3.63. The van der Waals surface area contributed by atoms with Gasteiger partial charge in [-0.3, -0.25) is 0 Å². The highest BCUT2D eigenvalue weighted by molar-refractivity contribution is 5.61. The van der Waals surface area contributed by atoms with Crippen LogP contribution in [0.2, 0.25) is 0 Å². The Balaban J connectivity index is 2.16. The molecule has 4 nitrogen and oxygen atoms in total. The Kier molecular flexibility index (Phi) is 3.58. The minimum absolute atomic E-state index is 0.200. The zero-order chi connectivity index (χ0) is 13.0. The molecule has 2 rings (SSSR count). The average molecular weight is 242 g/mol. The van der Waals surface area contributed by atoms with Crippen molar-refractivity contribution in [2.75, 3.05) is 11.9 Å². The standard InChI is InChI=1S/C14H18N4/c1-14(2,10-15)18-13-16-8-12(9-17-13)11-6-4-3-5-7-11/h3-9H,10,15H2,1-2H3,(H,16,17,18). The van der Waals surface area contributed by atoms with E-state index in [4.69, 9.17) is 5.73 Å². The molecule has 0 bridgehead atoms. The van der Waals surface area contributed by atoms with Gasteiger partial charge in [-0.25, -0.2) is 9.97 Å². The Hall–Kier alpha value is -1.94. The topological polar surface area (TPSA) is 63.8 Å². The number of hydrogen-bond donors (Lipinski definition) is 2. The molecule has 0 unspecified atom stereocenters. The third-order valence-electron chi connectivity index (χ3n) is 2.72. The van der Waals surface area contributed by atoms with Gasteiger partial charge in [-0.05, 0) is 19.4 Å². The maximum atomic E-state index is 5.66. The third-order valence-corrected chi connectivity index (χ3v) is 2.72. The summed E-state index contributed by atoms with van der Waals surface area (Å²) < 4.78 is 0. The van der Waals surface area contributed by atoms with E-state index in [2.05, 4.69) is 15.3 Å². The number of benzene rings is 1. The van der Waals surface area contributed by atoms with Crippen LogP contribution in [0.3, 0.4) is 0 Å². The van der Waals surface area contributed by atoms with E-state index in [-0.39, 0.29) is 5.54 Å². The number of nitrogens with one attached hydrogen (secondary N) is 1. The normalized spacial score (nSPS) is 11.3. The monoisotopic (exact) mass is 242 g/mol. The van der Waals surface area contributed by atoms with Gasteiger partial charge in [-0.1, -0.05) is 30.3 Å². The fraction of sp³-hybridized carbons (Fsp3) is 0.286. The molecule has 4 heteroatoms. The van der Waals surface area contributed by atoms with Crippen molar-refractivity contribution in [1.82, 2.24) is 9.97 Å². The first-order valence-corrected chi connectivity index (χ1v) is 5.96. The summed E-state index contributed by atoms with van der Waals surface area (Å²) in [4.78, 5) is 8.62. The molecule has 0 aliphatic heterocycles. The molecular formula is C14H18N4. The molecule has 2 aromatic rings. The van der Waals surface area contributed by atoms with Crippen molar-refractivity contribution < 1.29 is 0 Å². The second-order valence-electron chi connectivity index (χ2n) is 4.87. The SMILES string of the molecule is CC(C)(CN)Nc1ncc(-c2ccccc2)cn1. The third kappa shape index (κ3) is 3.05. The Bertz CT molecular complexity index is 491. The van der Waals surface area contributed by atoms with E-state index in [1.807, 2.05) is 56.6 Å². The summed E-state index contributed by atoms with van der Waals surface area (Å²) in [7, 11) is 0. The zero-order valence-corrected chi connectivity index (χ0v) is 10.7. The maximum Gasteiger partial charge on any atom is 0.223 e. The van der Waals surface area contributed by atoms with Crippen LogP contribution in [0.15, 0.2) is 42.7 Å². The second-order valence-corrected chi connectivity index (χ2v) is 4.87. The first kappa shape index (κ1) is 12.5. The predicted octanol–water partition coefficient (Wildman–Crippen LogP) is 2.29. The Labute approximate surface area is 107 Å². The van der Waals surface area contributed by atoms with E-state index in [0.717, 1.165) is 11.1 Å². The highest BCUT2D eigenvalue weighted by atomic mass is 15.1. The highest BCUT2D eigenvalue weighted by Crippen LogP contribution is 2.18. The van der Waals surface area contributed by atoms with Gasteiger partial charge in [0.25, 0.3) is 0 Å². The first-order valence-electron chi connectivity index (χ1n) is 5.96. The van der Waals surface area contributed by atoms with Crippen molar-refractivity contribution in [3.63, 3.8) is 0 Å². The molecule has 0 spiro atoms. The number of aromatic nitrogens is 2. The van der Waals surface area contributed by atoms with Crippen LogP contribution in [0.25, 0.3) is 11.1 Å². The van der Waals surface area contributed by atoms with Crippen molar-refractivity contribution in [3.8, 4) is 11.1 Å². The summed E-state index contributed by atoms with van der Waals surface area (Å²) in [5.41, 5.74) is 7.58. The number of anilines is 1. The molecule has 0 aliphatic rings. The Morgan fingerprint density at radius 2 is 1.67 bits per heavy atom. The van der Waals surface area contributed by atoms with Gasteiger partial charge in [0.15, 0.2) is 0 Å². The van der Waals surface area contributed by atoms with Gasteiger partial charge in [0, 0.05) is 30.0 Å². The minimum Gasteiger partial charge on any atom is -0.348 e. The van der Waals surface area contributed by atoms with Gasteiger partial charge in [0.05, 0.1) is 0 Å². The van der Waals surface area contributed by atoms with Crippen molar-refractivity contribution in [2.24, 2.45) is 5.73 Å². The minimum atomic E-state index is -0.200. The molecule has 0 fully saturated rings. The molecule has 3 N–H and O–H groups in total. The number of nitrogens with zero attached hydrogens (tertiary/aromatic N) is 2. The molecule has 0 saturated heterocycles. The molecule has 0 aliphatic carbocycles. The summed E-state index contributed by atoms with van der Waals surface area (Å²) in [5, 5.41) is 3.20. The zero-order valence-electron chi connectivity index (χ0n) is 10.7. The van der Waals surface area contributed by atoms with E-state index in [1.165, 1.54) is 0 Å². The van der Waals surface area contributed by atoms with Gasteiger partial charge in [-0.2, -0.15) is 0 Å². The molecule has 1 aromatic heterocycles. The highest BCUT2D eigenvalue weighted by Gasteiger charge is 2.15. The average Bonchev–Trinajstić information content (AvgIpc) is 2.40. The summed E-state index contributed by atoms with van der Waals surface area (Å²) in [5.74, 6) is 0.602. The van der Waals surface area contributed by atoms with Crippen LogP contribution in [0, 0.1) is 0 Å². The molecule has 1 aromatic carbocycles. The fourth-order valence-electron chi connectivity index (χ4n) is 1.53. The van der Waals surface area contributed by atoms with Crippen molar-refractivity contribution in [3.05, 3.63) is 42.7 Å². The van der Waals surface area contributed by atoms with Crippen LogP contribution in [-0.4, -0.2) is 22.1 Å². The van der Waals surface area contributed by atoms with Crippen LogP contribution in [0.4, 0.5) is 5.95 Å². The second kappa shape index (κ2) is 5.14. The van der Waals surface area contributed by atoms with Crippen molar-refractivity contribution in [2.45, 2.75) is 19.4 Å². The van der Waals surface area contributed by atoms with E-state index in [1.54, 1.807) is 0 Å². The largest absolute Gasteiger partial charge is 0.348 e. The van der Waals surface area contributed by atoms with E-state index in [0.29, 0.717) is 12.5 Å². The van der Waals surface area contributed by atoms with Crippen molar-refractivity contribution in [1.29, 1.82) is 0 Å². The van der Waals surface area contributed by atoms with Gasteiger partial charge in [0.1, 0.15) is 0 Å². The molecular weight excluding hydrogens is 224 g/mol. The van der Waals surface area contributed by atoms with Crippen LogP contribution in [0.1, 0.15) is 13.8 Å². The lowest BCUT2D eigenvalue weighted by Gasteiger charge is -2.23. The number of nitrogens with two attached hydrogens (primary N) is 1. The Morgan fingerprint density at radius 1 is 1.06 bits per heavy atom. The number of hydrogen-bond acceptors (Lipinski definition) is 4. The van der Waals surface area contributed by atoms with Crippen molar-refractivity contribution >= 4 is 5.95 Å². The summed E-state index contributed by atoms with van der Waals surface area (Å²) in [6, 6.07) is 10.1. The number of rotatable bonds is 4. The molecule has 0 radical (unpaired) electrons. The fourth-order valence-corrected chi connectivity index (χ4v) is 1.53. The summed E-state index contributed by atoms with van der Waals surface area (Å²) >= 11 is 0. The smallest absolute Gasteiger partial charge is 0.223 e. The van der Waals surface area contributed by atoms with Gasteiger partial charge < -0.3 is 11.1 Å². The molecule has 94 valence electrons. The summed E-state index contributed by atoms with van der Waals surface area (Å²) in [6.45, 7) is 4.56. The molecule has 18 heavy (non-hydrogen) atoms. The lowest BCUT2D eigenvalue weighted by atomic mass is 10.1. The molecule has 0 atom stereocenters.